The lowest BCUT2D eigenvalue weighted by Crippen LogP contribution is -2.23. The van der Waals surface area contributed by atoms with Crippen LogP contribution in [0.15, 0.2) is 46.3 Å². The minimum absolute atomic E-state index is 0.0435. The van der Waals surface area contributed by atoms with Crippen molar-refractivity contribution in [3.8, 4) is 11.5 Å². The number of carbonyl (C=O) groups is 2. The van der Waals surface area contributed by atoms with E-state index in [4.69, 9.17) is 14.2 Å². The van der Waals surface area contributed by atoms with E-state index < -0.39 is 21.7 Å². The van der Waals surface area contributed by atoms with Crippen LogP contribution < -0.4 is 14.3 Å². The van der Waals surface area contributed by atoms with Crippen LogP contribution in [-0.2, 0) is 25.9 Å². The monoisotopic (exact) mass is 462 g/mol. The predicted octanol–water partition coefficient (Wildman–Crippen LogP) is 1.79. The molecule has 11 heteroatoms. The first-order chi connectivity index (χ1) is 14.8. The number of thiazole rings is 1. The van der Waals surface area contributed by atoms with Crippen LogP contribution in [0.1, 0.15) is 10.4 Å². The van der Waals surface area contributed by atoms with E-state index in [1.165, 1.54) is 41.2 Å². The van der Waals surface area contributed by atoms with Crippen LogP contribution in [0.3, 0.4) is 0 Å². The average molecular weight is 463 g/mol. The van der Waals surface area contributed by atoms with Crippen molar-refractivity contribution in [3.63, 3.8) is 0 Å². The molecule has 0 bridgehead atoms. The van der Waals surface area contributed by atoms with Gasteiger partial charge in [0.1, 0.15) is 19.8 Å². The van der Waals surface area contributed by atoms with Crippen molar-refractivity contribution in [1.29, 1.82) is 0 Å². The summed E-state index contributed by atoms with van der Waals surface area (Å²) in [7, 11) is -2.37. The number of benzene rings is 2. The van der Waals surface area contributed by atoms with Crippen molar-refractivity contribution >= 4 is 43.3 Å². The molecule has 0 saturated carbocycles. The number of aromatic nitrogens is 1. The lowest BCUT2D eigenvalue weighted by atomic mass is 10.2. The molecule has 0 unspecified atom stereocenters. The first-order valence-corrected chi connectivity index (χ1v) is 11.9. The molecule has 0 spiro atoms. The quantitative estimate of drug-likeness (QED) is 0.543. The lowest BCUT2D eigenvalue weighted by Gasteiger charge is -2.18. The highest BCUT2D eigenvalue weighted by Crippen LogP contribution is 2.35. The Morgan fingerprint density at radius 2 is 1.84 bits per heavy atom. The molecule has 0 saturated heterocycles. The molecule has 0 radical (unpaired) electrons. The summed E-state index contributed by atoms with van der Waals surface area (Å²) in [4.78, 5) is 29.2. The van der Waals surface area contributed by atoms with Gasteiger partial charge in [0.05, 0.1) is 27.8 Å². The molecule has 2 aromatic carbocycles. The van der Waals surface area contributed by atoms with Gasteiger partial charge in [0.2, 0.25) is 0 Å². The normalized spacial score (nSPS) is 13.9. The zero-order valence-corrected chi connectivity index (χ0v) is 18.3. The minimum Gasteiger partial charge on any atom is -0.486 e. The Kier molecular flexibility index (Phi) is 5.54. The Bertz CT molecular complexity index is 1370. The molecule has 2 heterocycles. The Balaban J connectivity index is 1.90. The van der Waals surface area contributed by atoms with E-state index in [2.05, 4.69) is 4.99 Å². The topological polar surface area (TPSA) is 113 Å². The summed E-state index contributed by atoms with van der Waals surface area (Å²) in [5, 5.41) is 0. The van der Waals surface area contributed by atoms with Crippen LogP contribution in [0.4, 0.5) is 0 Å². The molecule has 0 N–H and O–H groups in total. The Morgan fingerprint density at radius 3 is 2.52 bits per heavy atom. The van der Waals surface area contributed by atoms with Gasteiger partial charge in [-0.25, -0.2) is 8.42 Å². The van der Waals surface area contributed by atoms with Crippen molar-refractivity contribution in [2.24, 2.45) is 4.99 Å². The highest BCUT2D eigenvalue weighted by molar-refractivity contribution is 7.90. The van der Waals surface area contributed by atoms with Gasteiger partial charge in [-0.15, -0.1) is 0 Å². The van der Waals surface area contributed by atoms with E-state index in [0.29, 0.717) is 30.2 Å². The summed E-state index contributed by atoms with van der Waals surface area (Å²) in [5.74, 6) is -0.176. The highest BCUT2D eigenvalue weighted by atomic mass is 32.2. The van der Waals surface area contributed by atoms with Gasteiger partial charge in [-0.2, -0.15) is 4.99 Å². The van der Waals surface area contributed by atoms with Crippen molar-refractivity contribution in [2.75, 3.05) is 26.6 Å². The molecule has 1 amide bonds. The van der Waals surface area contributed by atoms with Gasteiger partial charge in [-0.1, -0.05) is 23.5 Å². The van der Waals surface area contributed by atoms with E-state index >= 15 is 0 Å². The van der Waals surface area contributed by atoms with Crippen LogP contribution in [0.5, 0.6) is 11.5 Å². The van der Waals surface area contributed by atoms with Crippen LogP contribution in [-0.4, -0.2) is 51.4 Å². The molecular formula is C20H18N2O7S2. The van der Waals surface area contributed by atoms with Gasteiger partial charge in [0.15, 0.2) is 26.1 Å². The standard InChI is InChI=1S/C20H18N2O7S2/c1-27-18(23)11-22-13-9-14-15(29-8-7-28-14)10-16(13)30-20(22)21-19(24)12-5-3-4-6-17(12)31(2,25)26/h3-6,9-10H,7-8,11H2,1-2H3. The smallest absolute Gasteiger partial charge is 0.325 e. The first-order valence-electron chi connectivity index (χ1n) is 9.16. The number of hydrogen-bond donors (Lipinski definition) is 0. The number of hydrogen-bond acceptors (Lipinski definition) is 8. The molecule has 0 fully saturated rings. The third-order valence-corrected chi connectivity index (χ3v) is 6.77. The number of amides is 1. The van der Waals surface area contributed by atoms with E-state index in [1.807, 2.05) is 0 Å². The van der Waals surface area contributed by atoms with Gasteiger partial charge in [-0.3, -0.25) is 9.59 Å². The van der Waals surface area contributed by atoms with Crippen molar-refractivity contribution in [3.05, 3.63) is 46.8 Å². The maximum atomic E-state index is 12.9. The van der Waals surface area contributed by atoms with Gasteiger partial charge in [0, 0.05) is 18.4 Å². The zero-order chi connectivity index (χ0) is 22.2. The predicted molar refractivity (Wildman–Crippen MR) is 112 cm³/mol. The molecule has 1 aromatic heterocycles. The second-order valence-electron chi connectivity index (χ2n) is 6.70. The second-order valence-corrected chi connectivity index (χ2v) is 9.69. The molecule has 4 rings (SSSR count). The fraction of sp³-hybridized carbons (Fsp3) is 0.250. The van der Waals surface area contributed by atoms with Gasteiger partial charge in [-0.05, 0) is 12.1 Å². The van der Waals surface area contributed by atoms with Crippen LogP contribution >= 0.6 is 11.3 Å². The molecular weight excluding hydrogens is 444 g/mol. The van der Waals surface area contributed by atoms with E-state index in [0.717, 1.165) is 11.0 Å². The number of ether oxygens (including phenoxy) is 3. The fourth-order valence-corrected chi connectivity index (χ4v) is 5.07. The average Bonchev–Trinajstić information content (AvgIpc) is 3.07. The summed E-state index contributed by atoms with van der Waals surface area (Å²) in [6, 6.07) is 9.34. The van der Waals surface area contributed by atoms with Gasteiger partial charge < -0.3 is 18.8 Å². The molecule has 3 aromatic rings. The summed E-state index contributed by atoms with van der Waals surface area (Å²) in [5.41, 5.74) is 0.570. The second kappa shape index (κ2) is 8.16. The Morgan fingerprint density at radius 1 is 1.16 bits per heavy atom. The third kappa shape index (κ3) is 4.19. The van der Waals surface area contributed by atoms with Crippen molar-refractivity contribution in [1.82, 2.24) is 4.57 Å². The lowest BCUT2D eigenvalue weighted by molar-refractivity contribution is -0.141. The number of sulfone groups is 1. The number of esters is 1. The molecule has 0 atom stereocenters. The van der Waals surface area contributed by atoms with Crippen LogP contribution in [0, 0.1) is 0 Å². The van der Waals surface area contributed by atoms with Crippen LogP contribution in [0.2, 0.25) is 0 Å². The third-order valence-electron chi connectivity index (χ3n) is 4.58. The minimum atomic E-state index is -3.63. The number of fused-ring (bicyclic) bond motifs is 2. The number of methoxy groups -OCH3 is 1. The van der Waals surface area contributed by atoms with Crippen molar-refractivity contribution < 1.29 is 32.2 Å². The first kappa shape index (κ1) is 21.1. The molecule has 1 aliphatic heterocycles. The fourth-order valence-electron chi connectivity index (χ4n) is 3.15. The zero-order valence-electron chi connectivity index (χ0n) is 16.7. The summed E-state index contributed by atoms with van der Waals surface area (Å²) >= 11 is 1.17. The molecule has 1 aliphatic rings. The summed E-state index contributed by atoms with van der Waals surface area (Å²) in [6.07, 6.45) is 1.03. The maximum absolute atomic E-state index is 12.9. The Labute approximate surface area is 181 Å². The molecule has 9 nitrogen and oxygen atoms in total. The Hall–Kier alpha value is -3.18. The van der Waals surface area contributed by atoms with Crippen LogP contribution in [0.25, 0.3) is 10.2 Å². The molecule has 0 aliphatic carbocycles. The van der Waals surface area contributed by atoms with Gasteiger partial charge >= 0.3 is 5.97 Å². The largest absolute Gasteiger partial charge is 0.486 e. The number of nitrogens with zero attached hydrogens (tertiary/aromatic N) is 2. The van der Waals surface area contributed by atoms with E-state index in [-0.39, 0.29) is 21.8 Å². The number of rotatable bonds is 4. The van der Waals surface area contributed by atoms with Crippen molar-refractivity contribution in [2.45, 2.75) is 11.4 Å². The highest BCUT2D eigenvalue weighted by Gasteiger charge is 2.21. The molecule has 162 valence electrons. The SMILES string of the molecule is COC(=O)Cn1c(=NC(=O)c2ccccc2S(C)(=O)=O)sc2cc3c(cc21)OCCO3. The summed E-state index contributed by atoms with van der Waals surface area (Å²) < 4.78 is 42.4. The van der Waals surface area contributed by atoms with E-state index in [1.54, 1.807) is 18.2 Å². The van der Waals surface area contributed by atoms with E-state index in [9.17, 15) is 18.0 Å². The summed E-state index contributed by atoms with van der Waals surface area (Å²) in [6.45, 7) is 0.637. The maximum Gasteiger partial charge on any atom is 0.325 e. The number of carbonyl (C=O) groups excluding carboxylic acids is 2. The molecule has 31 heavy (non-hydrogen) atoms. The van der Waals surface area contributed by atoms with Gasteiger partial charge in [0.25, 0.3) is 5.91 Å².